The van der Waals surface area contributed by atoms with E-state index in [9.17, 15) is 9.90 Å². The number of allylic oxidation sites excluding steroid dienone is 6. The molecule has 2 fully saturated rings. The van der Waals surface area contributed by atoms with Gasteiger partial charge in [0.2, 0.25) is 0 Å². The maximum Gasteiger partial charge on any atom is 0.156 e. The highest BCUT2D eigenvalue weighted by Gasteiger charge is 2.62. The van der Waals surface area contributed by atoms with Crippen LogP contribution in [0.4, 0.5) is 0 Å². The molecule has 5 rings (SSSR count). The quantitative estimate of drug-likeness (QED) is 0.516. The van der Waals surface area contributed by atoms with Crippen LogP contribution in [0.2, 0.25) is 0 Å². The van der Waals surface area contributed by atoms with Crippen molar-refractivity contribution in [3.63, 3.8) is 0 Å². The highest BCUT2D eigenvalue weighted by atomic mass is 16.3. The van der Waals surface area contributed by atoms with Gasteiger partial charge in [0.05, 0.1) is 0 Å². The zero-order chi connectivity index (χ0) is 23.4. The minimum absolute atomic E-state index is 0.223. The molecular formula is C31H36O2. The minimum atomic E-state index is -0.916. The molecule has 0 aliphatic heterocycles. The van der Waals surface area contributed by atoms with Crippen LogP contribution in [0.15, 0.2) is 53.1 Å². The summed E-state index contributed by atoms with van der Waals surface area (Å²) in [5.41, 5.74) is 7.07. The second-order valence-corrected chi connectivity index (χ2v) is 10.9. The Morgan fingerprint density at radius 2 is 1.91 bits per heavy atom. The Labute approximate surface area is 198 Å². The van der Waals surface area contributed by atoms with E-state index in [0.717, 1.165) is 38.5 Å². The van der Waals surface area contributed by atoms with Crippen LogP contribution in [0.5, 0.6) is 0 Å². The van der Waals surface area contributed by atoms with Gasteiger partial charge in [-0.2, -0.15) is 0 Å². The van der Waals surface area contributed by atoms with E-state index in [4.69, 9.17) is 0 Å². The number of hydrogen-bond acceptors (Lipinski definition) is 2. The van der Waals surface area contributed by atoms with Gasteiger partial charge in [-0.1, -0.05) is 48.8 Å². The Morgan fingerprint density at radius 3 is 2.61 bits per heavy atom. The number of fused-ring (bicyclic) bond motifs is 4. The minimum Gasteiger partial charge on any atom is -0.377 e. The summed E-state index contributed by atoms with van der Waals surface area (Å²) in [4.78, 5) is 12.2. The summed E-state index contributed by atoms with van der Waals surface area (Å²) in [5, 5.41) is 11.8. The van der Waals surface area contributed by atoms with Crippen LogP contribution in [-0.4, -0.2) is 16.5 Å². The summed E-state index contributed by atoms with van der Waals surface area (Å²) >= 11 is 0. The van der Waals surface area contributed by atoms with E-state index in [1.54, 1.807) is 5.57 Å². The summed E-state index contributed by atoms with van der Waals surface area (Å²) in [6.45, 7) is 8.39. The van der Waals surface area contributed by atoms with E-state index >= 15 is 0 Å². The van der Waals surface area contributed by atoms with Crippen molar-refractivity contribution in [2.45, 2.75) is 84.2 Å². The topological polar surface area (TPSA) is 37.3 Å². The number of hydrogen-bond donors (Lipinski definition) is 1. The number of carbonyl (C=O) groups is 1. The van der Waals surface area contributed by atoms with Gasteiger partial charge in [-0.15, -0.1) is 5.92 Å². The number of aliphatic hydroxyl groups is 1. The lowest BCUT2D eigenvalue weighted by Crippen LogP contribution is -2.51. The number of ketones is 1. The zero-order valence-electron chi connectivity index (χ0n) is 20.5. The Morgan fingerprint density at radius 1 is 1.15 bits per heavy atom. The van der Waals surface area contributed by atoms with Crippen LogP contribution in [0.1, 0.15) is 89.7 Å². The average Bonchev–Trinajstić information content (AvgIpc) is 3.08. The van der Waals surface area contributed by atoms with Crippen LogP contribution in [-0.2, 0) is 4.79 Å². The largest absolute Gasteiger partial charge is 0.377 e. The third kappa shape index (κ3) is 3.39. The first-order valence-corrected chi connectivity index (χ1v) is 12.7. The molecule has 0 saturated heterocycles. The SMILES string of the molecule is CC#C[C@]1(O)CCC2C3CCC4=CC(=O)CCC4=C3[C@@H](c3ccc(C(C)=CC)cc3)C[C@@]21C. The van der Waals surface area contributed by atoms with Crippen molar-refractivity contribution in [1.29, 1.82) is 0 Å². The third-order valence-corrected chi connectivity index (χ3v) is 9.42. The van der Waals surface area contributed by atoms with E-state index < -0.39 is 5.60 Å². The summed E-state index contributed by atoms with van der Waals surface area (Å²) < 4.78 is 0. The molecule has 0 spiro atoms. The Kier molecular flexibility index (Phi) is 5.53. The van der Waals surface area contributed by atoms with Crippen LogP contribution >= 0.6 is 0 Å². The lowest BCUT2D eigenvalue weighted by Gasteiger charge is -2.53. The van der Waals surface area contributed by atoms with Gasteiger partial charge in [0.15, 0.2) is 5.78 Å². The van der Waals surface area contributed by atoms with Crippen LogP contribution in [0.3, 0.4) is 0 Å². The van der Waals surface area contributed by atoms with Crippen molar-refractivity contribution in [2.75, 3.05) is 0 Å². The van der Waals surface area contributed by atoms with E-state index in [1.165, 1.54) is 27.8 Å². The molecule has 4 aliphatic rings. The predicted octanol–water partition coefficient (Wildman–Crippen LogP) is 6.76. The molecule has 0 aromatic heterocycles. The third-order valence-electron chi connectivity index (χ3n) is 9.42. The second-order valence-electron chi connectivity index (χ2n) is 10.9. The van der Waals surface area contributed by atoms with E-state index in [0.29, 0.717) is 18.3 Å². The summed E-state index contributed by atoms with van der Waals surface area (Å²) in [5.74, 6) is 7.77. The van der Waals surface area contributed by atoms with Gasteiger partial charge in [0, 0.05) is 17.8 Å². The van der Waals surface area contributed by atoms with Crippen molar-refractivity contribution >= 4 is 11.4 Å². The lowest BCUT2D eigenvalue weighted by atomic mass is 9.51. The molecule has 4 aliphatic carbocycles. The molecule has 2 saturated carbocycles. The molecule has 5 atom stereocenters. The van der Waals surface area contributed by atoms with E-state index in [-0.39, 0.29) is 17.1 Å². The molecule has 0 bridgehead atoms. The first-order valence-electron chi connectivity index (χ1n) is 12.7. The fourth-order valence-corrected chi connectivity index (χ4v) is 7.52. The smallest absolute Gasteiger partial charge is 0.156 e. The van der Waals surface area contributed by atoms with Crippen LogP contribution < -0.4 is 0 Å². The number of rotatable bonds is 2. The molecule has 2 unspecified atom stereocenters. The van der Waals surface area contributed by atoms with E-state index in [2.05, 4.69) is 63.0 Å². The number of benzene rings is 1. The molecule has 2 nitrogen and oxygen atoms in total. The first kappa shape index (κ1) is 22.4. The molecule has 2 heteroatoms. The van der Waals surface area contributed by atoms with Crippen LogP contribution in [0, 0.1) is 29.1 Å². The maximum atomic E-state index is 12.2. The van der Waals surface area contributed by atoms with Crippen molar-refractivity contribution in [3.05, 3.63) is 64.3 Å². The molecule has 1 N–H and O–H groups in total. The van der Waals surface area contributed by atoms with Gasteiger partial charge in [-0.05, 0) is 105 Å². The van der Waals surface area contributed by atoms with Gasteiger partial charge in [-0.25, -0.2) is 0 Å². The van der Waals surface area contributed by atoms with Gasteiger partial charge in [-0.3, -0.25) is 4.79 Å². The molecule has 1 aromatic carbocycles. The fourth-order valence-electron chi connectivity index (χ4n) is 7.52. The maximum absolute atomic E-state index is 12.2. The molecule has 1 aromatic rings. The zero-order valence-corrected chi connectivity index (χ0v) is 20.5. The molecular weight excluding hydrogens is 404 g/mol. The first-order chi connectivity index (χ1) is 15.8. The normalized spacial score (nSPS) is 35.8. The summed E-state index contributed by atoms with van der Waals surface area (Å²) in [6, 6.07) is 9.09. The monoisotopic (exact) mass is 440 g/mol. The average molecular weight is 441 g/mol. The highest BCUT2D eigenvalue weighted by Crippen LogP contribution is 2.66. The highest BCUT2D eigenvalue weighted by molar-refractivity contribution is 5.93. The lowest BCUT2D eigenvalue weighted by molar-refractivity contribution is -0.114. The van der Waals surface area contributed by atoms with Crippen molar-refractivity contribution in [3.8, 4) is 11.8 Å². The standard InChI is InChI=1S/C31H36O2/c1-5-16-31(33)17-15-28-26-13-11-23-18-24(32)12-14-25(23)29(26)27(19-30(28,31)4)22-9-7-21(8-10-22)20(3)6-2/h6-10,18,26-28,33H,11-15,17,19H2,1-4H3/t26?,27-,28?,30+,31+/m1/s1. The van der Waals surface area contributed by atoms with Crippen molar-refractivity contribution < 1.29 is 9.90 Å². The molecule has 33 heavy (non-hydrogen) atoms. The van der Waals surface area contributed by atoms with Gasteiger partial charge < -0.3 is 5.11 Å². The van der Waals surface area contributed by atoms with Gasteiger partial charge >= 0.3 is 0 Å². The fraction of sp³-hybridized carbons (Fsp3) is 0.516. The summed E-state index contributed by atoms with van der Waals surface area (Å²) in [6.07, 6.45) is 10.4. The molecule has 0 amide bonds. The second kappa shape index (κ2) is 8.14. The molecule has 0 heterocycles. The molecule has 172 valence electrons. The molecule has 0 radical (unpaired) electrons. The number of carbonyl (C=O) groups excluding carboxylic acids is 1. The van der Waals surface area contributed by atoms with Crippen molar-refractivity contribution in [1.82, 2.24) is 0 Å². The predicted molar refractivity (Wildman–Crippen MR) is 134 cm³/mol. The van der Waals surface area contributed by atoms with Crippen molar-refractivity contribution in [2.24, 2.45) is 17.3 Å². The Balaban J connectivity index is 1.67. The van der Waals surface area contributed by atoms with Gasteiger partial charge in [0.1, 0.15) is 5.60 Å². The van der Waals surface area contributed by atoms with Gasteiger partial charge in [0.25, 0.3) is 0 Å². The Hall–Kier alpha value is -2.37. The van der Waals surface area contributed by atoms with E-state index in [1.807, 2.05) is 13.0 Å². The summed E-state index contributed by atoms with van der Waals surface area (Å²) in [7, 11) is 0. The van der Waals surface area contributed by atoms with Crippen LogP contribution in [0.25, 0.3) is 5.57 Å². The Bertz CT molecular complexity index is 1140.